The molecular weight excluding hydrogens is 516 g/mol. The number of hydrogen-bond acceptors (Lipinski definition) is 2. The number of phenols is 1. The average Bonchev–Trinajstić information content (AvgIpc) is 3.31. The van der Waals surface area contributed by atoms with Gasteiger partial charge in [-0.1, -0.05) is 12.1 Å². The average molecular weight is 530 g/mol. The highest BCUT2D eigenvalue weighted by Gasteiger charge is 2.22. The zero-order chi connectivity index (χ0) is 16.1. The highest BCUT2D eigenvalue weighted by molar-refractivity contribution is 14.1. The summed E-state index contributed by atoms with van der Waals surface area (Å²) >= 11 is 3.72. The first kappa shape index (κ1) is 17.7. The van der Waals surface area contributed by atoms with Crippen molar-refractivity contribution in [3.63, 3.8) is 0 Å². The predicted octanol–water partition coefficient (Wildman–Crippen LogP) is 5.36. The molecule has 22 heavy (non-hydrogen) atoms. The van der Waals surface area contributed by atoms with Gasteiger partial charge in [-0.05, 0) is 88.2 Å². The molecule has 0 radical (unpaired) electrons. The van der Waals surface area contributed by atoms with Gasteiger partial charge in [0, 0.05) is 0 Å². The molecule has 1 fully saturated rings. The van der Waals surface area contributed by atoms with Gasteiger partial charge in [-0.25, -0.2) is 8.78 Å². The molecule has 1 N–H and O–H groups in total. The van der Waals surface area contributed by atoms with E-state index in [1.807, 2.05) is 28.7 Å². The maximum atomic E-state index is 13.0. The van der Waals surface area contributed by atoms with Gasteiger partial charge in [-0.15, -0.1) is 0 Å². The summed E-state index contributed by atoms with van der Waals surface area (Å²) in [5.74, 6) is 0.798. The van der Waals surface area contributed by atoms with Crippen molar-refractivity contribution in [1.82, 2.24) is 0 Å². The fourth-order valence-electron chi connectivity index (χ4n) is 1.58. The van der Waals surface area contributed by atoms with E-state index in [-0.39, 0.29) is 21.0 Å². The Hall–Kier alpha value is -0.640. The smallest absolute Gasteiger partial charge is 0.140 e. The second-order valence-corrected chi connectivity index (χ2v) is 7.04. The van der Waals surface area contributed by atoms with Crippen molar-refractivity contribution in [2.75, 3.05) is 6.61 Å². The van der Waals surface area contributed by atoms with Crippen molar-refractivity contribution in [2.24, 2.45) is 5.92 Å². The van der Waals surface area contributed by atoms with Crippen molar-refractivity contribution in [2.45, 2.75) is 12.8 Å². The fraction of sp³-hybridized carbons (Fsp3) is 0.250. The van der Waals surface area contributed by atoms with Crippen LogP contribution >= 0.6 is 45.2 Å². The largest absolute Gasteiger partial charge is 0.507 e. The Labute approximate surface area is 155 Å². The van der Waals surface area contributed by atoms with Crippen LogP contribution in [-0.4, -0.2) is 11.7 Å². The van der Waals surface area contributed by atoms with E-state index in [2.05, 4.69) is 0 Å². The number of phenolic OH excluding ortho intramolecular Hbond substituents is 1. The zero-order valence-electron chi connectivity index (χ0n) is 11.5. The molecule has 0 aliphatic heterocycles. The van der Waals surface area contributed by atoms with Crippen molar-refractivity contribution < 1.29 is 18.6 Å². The van der Waals surface area contributed by atoms with E-state index in [4.69, 9.17) is 9.84 Å². The van der Waals surface area contributed by atoms with Gasteiger partial charge in [0.25, 0.3) is 0 Å². The quantitative estimate of drug-likeness (QED) is 0.543. The van der Waals surface area contributed by atoms with Crippen molar-refractivity contribution in [3.8, 4) is 11.5 Å². The molecule has 118 valence electrons. The summed E-state index contributed by atoms with van der Waals surface area (Å²) in [4.78, 5) is 0. The topological polar surface area (TPSA) is 29.5 Å². The first-order valence-corrected chi connectivity index (χ1v) is 8.84. The number of aromatic hydroxyl groups is 1. The van der Waals surface area contributed by atoms with E-state index in [9.17, 15) is 8.78 Å². The molecule has 3 rings (SSSR count). The molecule has 0 aromatic heterocycles. The number of rotatable bonds is 3. The van der Waals surface area contributed by atoms with Crippen LogP contribution in [0.3, 0.4) is 0 Å². The second kappa shape index (κ2) is 8.28. The second-order valence-electron chi connectivity index (χ2n) is 4.88. The molecule has 6 heteroatoms. The van der Waals surface area contributed by atoms with Gasteiger partial charge in [0.1, 0.15) is 23.1 Å². The Morgan fingerprint density at radius 3 is 2.14 bits per heavy atom. The lowest BCUT2D eigenvalue weighted by atomic mass is 10.3. The van der Waals surface area contributed by atoms with Crippen LogP contribution < -0.4 is 4.74 Å². The maximum Gasteiger partial charge on any atom is 0.140 e. The molecule has 0 atom stereocenters. The summed E-state index contributed by atoms with van der Waals surface area (Å²) in [6.45, 7) is 0.736. The Balaban J connectivity index is 0.000000172. The summed E-state index contributed by atoms with van der Waals surface area (Å²) < 4.78 is 31.8. The van der Waals surface area contributed by atoms with Crippen molar-refractivity contribution in [3.05, 3.63) is 55.2 Å². The first-order valence-electron chi connectivity index (χ1n) is 6.69. The third-order valence-corrected chi connectivity index (χ3v) is 5.13. The molecule has 0 bridgehead atoms. The molecule has 1 aliphatic carbocycles. The van der Waals surface area contributed by atoms with E-state index in [1.54, 1.807) is 28.7 Å². The Bertz CT molecular complexity index is 626. The van der Waals surface area contributed by atoms with E-state index in [0.29, 0.717) is 15.2 Å². The summed E-state index contributed by atoms with van der Waals surface area (Å²) in [6.07, 6.45) is 2.51. The first-order chi connectivity index (χ1) is 10.5. The standard InChI is InChI=1S/C10H10FIO.C6H4FIO/c11-8-2-1-3-9(10(8)12)13-6-7-4-5-7;7-4-2-1-3-5(9)6(4)8/h1-3,7H,4-6H2;1-3,9H. The third-order valence-electron chi connectivity index (χ3n) is 3.02. The Kier molecular flexibility index (Phi) is 6.66. The molecule has 2 aromatic carbocycles. The fourth-order valence-corrected chi connectivity index (χ4v) is 2.45. The summed E-state index contributed by atoms with van der Waals surface area (Å²) in [5.41, 5.74) is 0. The van der Waals surface area contributed by atoms with Gasteiger partial charge in [0.05, 0.1) is 13.7 Å². The summed E-state index contributed by atoms with van der Waals surface area (Å²) in [6, 6.07) is 9.16. The minimum Gasteiger partial charge on any atom is -0.507 e. The Morgan fingerprint density at radius 2 is 1.59 bits per heavy atom. The van der Waals surface area contributed by atoms with Crippen LogP contribution in [0.15, 0.2) is 36.4 Å². The SMILES string of the molecule is Fc1cccc(OCC2CC2)c1I.Oc1cccc(F)c1I. The van der Waals surface area contributed by atoms with E-state index < -0.39 is 0 Å². The molecule has 0 amide bonds. The van der Waals surface area contributed by atoms with Crippen LogP contribution in [0.1, 0.15) is 12.8 Å². The van der Waals surface area contributed by atoms with Gasteiger partial charge in [-0.3, -0.25) is 0 Å². The Morgan fingerprint density at radius 1 is 1.00 bits per heavy atom. The molecule has 0 heterocycles. The highest BCUT2D eigenvalue weighted by Crippen LogP contribution is 2.31. The van der Waals surface area contributed by atoms with Gasteiger partial charge in [0.15, 0.2) is 0 Å². The summed E-state index contributed by atoms with van der Waals surface area (Å²) in [7, 11) is 0. The van der Waals surface area contributed by atoms with Crippen LogP contribution in [-0.2, 0) is 0 Å². The lowest BCUT2D eigenvalue weighted by Crippen LogP contribution is -2.01. The van der Waals surface area contributed by atoms with E-state index >= 15 is 0 Å². The van der Waals surface area contributed by atoms with E-state index in [0.717, 1.165) is 6.61 Å². The molecule has 1 aliphatic rings. The van der Waals surface area contributed by atoms with Crippen molar-refractivity contribution >= 4 is 45.2 Å². The monoisotopic (exact) mass is 530 g/mol. The predicted molar refractivity (Wildman–Crippen MR) is 98.1 cm³/mol. The molecule has 2 nitrogen and oxygen atoms in total. The van der Waals surface area contributed by atoms with Gasteiger partial charge < -0.3 is 9.84 Å². The lowest BCUT2D eigenvalue weighted by Gasteiger charge is -2.07. The number of benzene rings is 2. The molecule has 0 spiro atoms. The number of halogens is 4. The van der Waals surface area contributed by atoms with Gasteiger partial charge in [-0.2, -0.15) is 0 Å². The molecule has 0 unspecified atom stereocenters. The minimum absolute atomic E-state index is 0.00407. The van der Waals surface area contributed by atoms with Crippen LogP contribution in [0.4, 0.5) is 8.78 Å². The normalized spacial score (nSPS) is 13.3. The molecular formula is C16H14F2I2O2. The lowest BCUT2D eigenvalue weighted by molar-refractivity contribution is 0.296. The van der Waals surface area contributed by atoms with Crippen LogP contribution in [0.25, 0.3) is 0 Å². The minimum atomic E-state index is -0.379. The number of hydrogen-bond donors (Lipinski definition) is 1. The summed E-state index contributed by atoms with van der Waals surface area (Å²) in [5, 5.41) is 8.85. The van der Waals surface area contributed by atoms with Crippen LogP contribution in [0.5, 0.6) is 11.5 Å². The van der Waals surface area contributed by atoms with Crippen molar-refractivity contribution in [1.29, 1.82) is 0 Å². The number of ether oxygens (including phenoxy) is 1. The van der Waals surface area contributed by atoms with Crippen LogP contribution in [0.2, 0.25) is 0 Å². The zero-order valence-corrected chi connectivity index (χ0v) is 15.8. The van der Waals surface area contributed by atoms with E-state index in [1.165, 1.54) is 37.1 Å². The van der Waals surface area contributed by atoms with Gasteiger partial charge >= 0.3 is 0 Å². The van der Waals surface area contributed by atoms with Gasteiger partial charge in [0.2, 0.25) is 0 Å². The highest BCUT2D eigenvalue weighted by atomic mass is 127. The third kappa shape index (κ3) is 5.22. The maximum absolute atomic E-state index is 13.0. The molecule has 1 saturated carbocycles. The van der Waals surface area contributed by atoms with Crippen LogP contribution in [0, 0.1) is 24.7 Å². The molecule has 0 saturated heterocycles. The molecule has 2 aromatic rings.